The van der Waals surface area contributed by atoms with Gasteiger partial charge in [-0.15, -0.1) is 0 Å². The van der Waals surface area contributed by atoms with E-state index in [1.807, 2.05) is 0 Å². The van der Waals surface area contributed by atoms with Crippen LogP contribution in [0.2, 0.25) is 0 Å². The van der Waals surface area contributed by atoms with Gasteiger partial charge in [0.15, 0.2) is 0 Å². The zero-order valence-electron chi connectivity index (χ0n) is 15.9. The third-order valence-corrected chi connectivity index (χ3v) is 7.45. The van der Waals surface area contributed by atoms with Crippen molar-refractivity contribution in [3.63, 3.8) is 0 Å². The van der Waals surface area contributed by atoms with Crippen LogP contribution >= 0.6 is 0 Å². The van der Waals surface area contributed by atoms with Gasteiger partial charge in [-0.3, -0.25) is 9.59 Å². The van der Waals surface area contributed by atoms with Crippen molar-refractivity contribution in [1.82, 2.24) is 14.5 Å². The van der Waals surface area contributed by atoms with Crippen LogP contribution in [0, 0.1) is 11.7 Å². The van der Waals surface area contributed by atoms with Gasteiger partial charge >= 0.3 is 0 Å². The van der Waals surface area contributed by atoms with Gasteiger partial charge < -0.3 is 10.2 Å². The third-order valence-electron chi connectivity index (χ3n) is 5.54. The zero-order chi connectivity index (χ0) is 20.3. The van der Waals surface area contributed by atoms with Crippen LogP contribution < -0.4 is 5.32 Å². The van der Waals surface area contributed by atoms with Crippen LogP contribution in [-0.2, 0) is 19.6 Å². The van der Waals surface area contributed by atoms with E-state index in [9.17, 15) is 22.4 Å². The van der Waals surface area contributed by atoms with E-state index >= 15 is 0 Å². The standard InChI is InChI=1S/C19H26FN3O4S/c1-14(24)23-12-3-11-22(28(26,27)16-8-6-15(20)7-9-16)13-10-21-19(25)17-4-2-5-18(17)23/h6-9,17-18H,2-5,10-13H2,1H3,(H,21,25). The predicted octanol–water partition coefficient (Wildman–Crippen LogP) is 1.35. The van der Waals surface area contributed by atoms with E-state index in [1.165, 1.54) is 23.4 Å². The minimum absolute atomic E-state index is 0.00962. The Morgan fingerprint density at radius 1 is 1.11 bits per heavy atom. The number of carbonyl (C=O) groups is 2. The average Bonchev–Trinajstić information content (AvgIpc) is 3.11. The van der Waals surface area contributed by atoms with E-state index in [-0.39, 0.29) is 48.3 Å². The number of halogens is 1. The van der Waals surface area contributed by atoms with Gasteiger partial charge in [-0.05, 0) is 43.5 Å². The molecule has 1 saturated heterocycles. The summed E-state index contributed by atoms with van der Waals surface area (Å²) in [5.74, 6) is -0.983. The van der Waals surface area contributed by atoms with E-state index in [0.717, 1.165) is 31.4 Å². The molecule has 1 aliphatic heterocycles. The fraction of sp³-hybridized carbons (Fsp3) is 0.579. The highest BCUT2D eigenvalue weighted by atomic mass is 32.2. The summed E-state index contributed by atoms with van der Waals surface area (Å²) in [5.41, 5.74) is 0. The SMILES string of the molecule is CC(=O)N1CCCN(S(=O)(=O)c2ccc(F)cc2)CCNC(=O)C2CCCC21. The molecular weight excluding hydrogens is 385 g/mol. The van der Waals surface area contributed by atoms with Gasteiger partial charge in [0.25, 0.3) is 0 Å². The molecule has 1 aromatic rings. The van der Waals surface area contributed by atoms with Crippen molar-refractivity contribution in [3.8, 4) is 0 Å². The van der Waals surface area contributed by atoms with Crippen LogP contribution in [0.15, 0.2) is 29.2 Å². The highest BCUT2D eigenvalue weighted by Crippen LogP contribution is 2.31. The Hall–Kier alpha value is -2.00. The fourth-order valence-electron chi connectivity index (χ4n) is 4.14. The Balaban J connectivity index is 1.82. The molecule has 2 fully saturated rings. The highest BCUT2D eigenvalue weighted by molar-refractivity contribution is 7.89. The minimum atomic E-state index is -3.82. The van der Waals surface area contributed by atoms with Gasteiger partial charge in [0.05, 0.1) is 10.8 Å². The Morgan fingerprint density at radius 3 is 2.50 bits per heavy atom. The van der Waals surface area contributed by atoms with Crippen LogP contribution in [0.25, 0.3) is 0 Å². The van der Waals surface area contributed by atoms with Crippen molar-refractivity contribution in [2.75, 3.05) is 26.2 Å². The third kappa shape index (κ3) is 4.35. The molecule has 2 amide bonds. The van der Waals surface area contributed by atoms with Gasteiger partial charge in [-0.1, -0.05) is 6.42 Å². The van der Waals surface area contributed by atoms with Crippen LogP contribution in [0.5, 0.6) is 0 Å². The topological polar surface area (TPSA) is 86.8 Å². The smallest absolute Gasteiger partial charge is 0.243 e. The quantitative estimate of drug-likeness (QED) is 0.796. The molecule has 1 aromatic carbocycles. The van der Waals surface area contributed by atoms with E-state index in [4.69, 9.17) is 0 Å². The van der Waals surface area contributed by atoms with Crippen LogP contribution in [-0.4, -0.2) is 61.7 Å². The number of rotatable bonds is 2. The lowest BCUT2D eigenvalue weighted by Gasteiger charge is -2.31. The number of hydrogen-bond acceptors (Lipinski definition) is 4. The normalized spacial score (nSPS) is 24.9. The lowest BCUT2D eigenvalue weighted by molar-refractivity contribution is -0.134. The van der Waals surface area contributed by atoms with E-state index < -0.39 is 15.8 Å². The molecule has 1 N–H and O–H groups in total. The lowest BCUT2D eigenvalue weighted by atomic mass is 10.0. The second-order valence-electron chi connectivity index (χ2n) is 7.32. The monoisotopic (exact) mass is 411 g/mol. The first kappa shape index (κ1) is 20.7. The second-order valence-corrected chi connectivity index (χ2v) is 9.26. The molecule has 1 saturated carbocycles. The first-order chi connectivity index (χ1) is 13.3. The van der Waals surface area contributed by atoms with Gasteiger partial charge in [-0.25, -0.2) is 12.8 Å². The summed E-state index contributed by atoms with van der Waals surface area (Å²) in [6.07, 6.45) is 2.89. The summed E-state index contributed by atoms with van der Waals surface area (Å²) in [6, 6.07) is 4.57. The molecule has 0 spiro atoms. The maximum atomic E-state index is 13.2. The van der Waals surface area contributed by atoms with E-state index in [2.05, 4.69) is 5.32 Å². The Morgan fingerprint density at radius 2 is 1.82 bits per heavy atom. The summed E-state index contributed by atoms with van der Waals surface area (Å²) in [7, 11) is -3.82. The van der Waals surface area contributed by atoms with E-state index in [1.54, 1.807) is 4.90 Å². The fourth-order valence-corrected chi connectivity index (χ4v) is 5.62. The van der Waals surface area contributed by atoms with Crippen LogP contribution in [0.3, 0.4) is 0 Å². The molecule has 154 valence electrons. The summed E-state index contributed by atoms with van der Waals surface area (Å²) in [4.78, 5) is 26.5. The van der Waals surface area contributed by atoms with Gasteiger partial charge in [0, 0.05) is 39.1 Å². The number of benzene rings is 1. The van der Waals surface area contributed by atoms with Gasteiger partial charge in [0.2, 0.25) is 21.8 Å². The predicted molar refractivity (Wildman–Crippen MR) is 101 cm³/mol. The van der Waals surface area contributed by atoms with Crippen LogP contribution in [0.4, 0.5) is 4.39 Å². The van der Waals surface area contributed by atoms with Gasteiger partial charge in [0.1, 0.15) is 5.82 Å². The lowest BCUT2D eigenvalue weighted by Crippen LogP contribution is -2.46. The molecule has 28 heavy (non-hydrogen) atoms. The summed E-state index contributed by atoms with van der Waals surface area (Å²) in [5, 5.41) is 2.83. The Kier molecular flexibility index (Phi) is 6.34. The Bertz CT molecular complexity index is 828. The first-order valence-corrected chi connectivity index (χ1v) is 11.1. The Labute approximate surface area is 164 Å². The van der Waals surface area contributed by atoms with Crippen molar-refractivity contribution in [2.24, 2.45) is 5.92 Å². The number of nitrogens with one attached hydrogen (secondary N) is 1. The van der Waals surface area contributed by atoms with Gasteiger partial charge in [-0.2, -0.15) is 4.31 Å². The number of sulfonamides is 1. The minimum Gasteiger partial charge on any atom is -0.354 e. The molecule has 3 rings (SSSR count). The van der Waals surface area contributed by atoms with Crippen molar-refractivity contribution < 1.29 is 22.4 Å². The zero-order valence-corrected chi connectivity index (χ0v) is 16.8. The maximum Gasteiger partial charge on any atom is 0.243 e. The highest BCUT2D eigenvalue weighted by Gasteiger charge is 2.38. The summed E-state index contributed by atoms with van der Waals surface area (Å²) < 4.78 is 40.4. The molecule has 9 heteroatoms. The second kappa shape index (κ2) is 8.57. The number of amides is 2. The molecule has 2 aliphatic rings. The molecule has 0 bridgehead atoms. The van der Waals surface area contributed by atoms with Crippen molar-refractivity contribution >= 4 is 21.8 Å². The number of nitrogens with zero attached hydrogens (tertiary/aromatic N) is 2. The largest absolute Gasteiger partial charge is 0.354 e. The summed E-state index contributed by atoms with van der Waals surface area (Å²) >= 11 is 0. The van der Waals surface area contributed by atoms with Crippen molar-refractivity contribution in [1.29, 1.82) is 0 Å². The molecular formula is C19H26FN3O4S. The molecule has 2 unspecified atom stereocenters. The molecule has 7 nitrogen and oxygen atoms in total. The first-order valence-electron chi connectivity index (χ1n) is 9.61. The van der Waals surface area contributed by atoms with Crippen LogP contribution in [0.1, 0.15) is 32.6 Å². The molecule has 0 aromatic heterocycles. The molecule has 0 radical (unpaired) electrons. The van der Waals surface area contributed by atoms with E-state index in [0.29, 0.717) is 13.0 Å². The molecule has 1 aliphatic carbocycles. The molecule has 2 atom stereocenters. The number of hydrogen-bond donors (Lipinski definition) is 1. The van der Waals surface area contributed by atoms with Crippen molar-refractivity contribution in [3.05, 3.63) is 30.1 Å². The van der Waals surface area contributed by atoms with Crippen molar-refractivity contribution in [2.45, 2.75) is 43.5 Å². The summed E-state index contributed by atoms with van der Waals surface area (Å²) in [6.45, 7) is 2.43. The maximum absolute atomic E-state index is 13.2. The number of carbonyl (C=O) groups excluding carboxylic acids is 2. The average molecular weight is 411 g/mol. The molecule has 1 heterocycles. The number of fused-ring (bicyclic) bond motifs is 1.